The Kier molecular flexibility index (Phi) is 5.70. The lowest BCUT2D eigenvalue weighted by atomic mass is 10.0. The fourth-order valence-electron chi connectivity index (χ4n) is 2.78. The van der Waals surface area contributed by atoms with Crippen LogP contribution in [-0.4, -0.2) is 41.7 Å². The molecule has 5 heteroatoms. The molecule has 116 valence electrons. The minimum absolute atomic E-state index is 0.272. The van der Waals surface area contributed by atoms with E-state index in [9.17, 15) is 9.18 Å². The lowest BCUT2D eigenvalue weighted by Crippen LogP contribution is -2.42. The van der Waals surface area contributed by atoms with E-state index in [4.69, 9.17) is 5.11 Å². The predicted octanol–water partition coefficient (Wildman–Crippen LogP) is 2.49. The van der Waals surface area contributed by atoms with Gasteiger partial charge in [0.2, 0.25) is 0 Å². The molecule has 0 aromatic heterocycles. The molecule has 0 unspecified atom stereocenters. The van der Waals surface area contributed by atoms with Crippen LogP contribution in [0, 0.1) is 5.82 Å². The van der Waals surface area contributed by atoms with E-state index in [1.54, 1.807) is 6.07 Å². The maximum Gasteiger partial charge on any atom is 0.338 e. The van der Waals surface area contributed by atoms with Crippen LogP contribution in [0.25, 0.3) is 0 Å². The number of carboxylic acids is 1. The van der Waals surface area contributed by atoms with Crippen molar-refractivity contribution in [2.45, 2.75) is 38.8 Å². The van der Waals surface area contributed by atoms with Gasteiger partial charge in [0.05, 0.1) is 5.56 Å². The maximum absolute atomic E-state index is 13.6. The van der Waals surface area contributed by atoms with Gasteiger partial charge in [0.1, 0.15) is 5.82 Å². The minimum Gasteiger partial charge on any atom is -0.478 e. The van der Waals surface area contributed by atoms with Crippen molar-refractivity contribution in [2.75, 3.05) is 19.6 Å². The number of carbonyl (C=O) groups is 1. The van der Waals surface area contributed by atoms with E-state index in [-0.39, 0.29) is 5.56 Å². The summed E-state index contributed by atoms with van der Waals surface area (Å²) < 4.78 is 13.6. The summed E-state index contributed by atoms with van der Waals surface area (Å²) in [7, 11) is 0. The molecule has 21 heavy (non-hydrogen) atoms. The van der Waals surface area contributed by atoms with Crippen LogP contribution in [0.5, 0.6) is 0 Å². The smallest absolute Gasteiger partial charge is 0.338 e. The minimum atomic E-state index is -1.23. The monoisotopic (exact) mass is 294 g/mol. The van der Waals surface area contributed by atoms with Crippen molar-refractivity contribution in [3.8, 4) is 0 Å². The standard InChI is InChI=1S/C16H23FN2O2/c1-2-7-19-8-5-13(6-9-19)18-11-12-3-4-14(16(20)21)15(17)10-12/h3-4,10,13,18H,2,5-9,11H2,1H3,(H,20,21). The van der Waals surface area contributed by atoms with Crippen molar-refractivity contribution < 1.29 is 14.3 Å². The first kappa shape index (κ1) is 15.9. The van der Waals surface area contributed by atoms with Gasteiger partial charge in [-0.25, -0.2) is 9.18 Å². The molecule has 1 aliphatic heterocycles. The molecule has 1 heterocycles. The van der Waals surface area contributed by atoms with E-state index in [1.807, 2.05) is 0 Å². The number of nitrogens with zero attached hydrogens (tertiary/aromatic N) is 1. The number of halogens is 1. The average Bonchev–Trinajstić information content (AvgIpc) is 2.46. The summed E-state index contributed by atoms with van der Waals surface area (Å²) in [5.41, 5.74) is 0.514. The Morgan fingerprint density at radius 2 is 2.14 bits per heavy atom. The Morgan fingerprint density at radius 3 is 2.71 bits per heavy atom. The highest BCUT2D eigenvalue weighted by Crippen LogP contribution is 2.13. The molecule has 0 aliphatic carbocycles. The third-order valence-corrected chi connectivity index (χ3v) is 3.99. The van der Waals surface area contributed by atoms with E-state index >= 15 is 0 Å². The molecule has 1 aromatic rings. The first-order chi connectivity index (χ1) is 10.1. The first-order valence-electron chi connectivity index (χ1n) is 7.57. The molecule has 1 fully saturated rings. The van der Waals surface area contributed by atoms with Crippen LogP contribution in [0.3, 0.4) is 0 Å². The Bertz CT molecular complexity index is 485. The third kappa shape index (κ3) is 4.51. The second-order valence-electron chi connectivity index (χ2n) is 5.62. The van der Waals surface area contributed by atoms with Gasteiger partial charge < -0.3 is 15.3 Å². The van der Waals surface area contributed by atoms with E-state index in [2.05, 4.69) is 17.1 Å². The van der Waals surface area contributed by atoms with Crippen molar-refractivity contribution in [1.82, 2.24) is 10.2 Å². The fraction of sp³-hybridized carbons (Fsp3) is 0.562. The average molecular weight is 294 g/mol. The first-order valence-corrected chi connectivity index (χ1v) is 7.57. The van der Waals surface area contributed by atoms with Crippen LogP contribution < -0.4 is 5.32 Å². The van der Waals surface area contributed by atoms with Crippen LogP contribution in [0.4, 0.5) is 4.39 Å². The van der Waals surface area contributed by atoms with Crippen molar-refractivity contribution in [2.24, 2.45) is 0 Å². The zero-order valence-corrected chi connectivity index (χ0v) is 12.4. The maximum atomic E-state index is 13.6. The number of aromatic carboxylic acids is 1. The number of likely N-dealkylation sites (tertiary alicyclic amines) is 1. The highest BCUT2D eigenvalue weighted by molar-refractivity contribution is 5.87. The van der Waals surface area contributed by atoms with Gasteiger partial charge in [-0.15, -0.1) is 0 Å². The van der Waals surface area contributed by atoms with Gasteiger partial charge in [-0.3, -0.25) is 0 Å². The van der Waals surface area contributed by atoms with Crippen molar-refractivity contribution in [1.29, 1.82) is 0 Å². The fourth-order valence-corrected chi connectivity index (χ4v) is 2.78. The molecule has 0 amide bonds. The molecule has 0 atom stereocenters. The van der Waals surface area contributed by atoms with Gasteiger partial charge in [0.25, 0.3) is 0 Å². The van der Waals surface area contributed by atoms with Crippen molar-refractivity contribution in [3.05, 3.63) is 35.1 Å². The largest absolute Gasteiger partial charge is 0.478 e. The number of benzene rings is 1. The zero-order chi connectivity index (χ0) is 15.2. The highest BCUT2D eigenvalue weighted by Gasteiger charge is 2.18. The summed E-state index contributed by atoms with van der Waals surface area (Å²) in [6, 6.07) is 4.77. The lowest BCUT2D eigenvalue weighted by molar-refractivity contribution is 0.0692. The Morgan fingerprint density at radius 1 is 1.43 bits per heavy atom. The van der Waals surface area contributed by atoms with Gasteiger partial charge in [-0.2, -0.15) is 0 Å². The molecule has 4 nitrogen and oxygen atoms in total. The summed E-state index contributed by atoms with van der Waals surface area (Å²) in [5, 5.41) is 12.2. The summed E-state index contributed by atoms with van der Waals surface area (Å²) in [5.74, 6) is -1.89. The van der Waals surface area contributed by atoms with Crippen LogP contribution >= 0.6 is 0 Å². The topological polar surface area (TPSA) is 52.6 Å². The Balaban J connectivity index is 1.81. The highest BCUT2D eigenvalue weighted by atomic mass is 19.1. The molecular formula is C16H23FN2O2. The van der Waals surface area contributed by atoms with E-state index in [0.717, 1.165) is 38.0 Å². The molecule has 1 aliphatic rings. The number of hydrogen-bond donors (Lipinski definition) is 2. The van der Waals surface area contributed by atoms with Crippen LogP contribution in [0.2, 0.25) is 0 Å². The van der Waals surface area contributed by atoms with Gasteiger partial charge in [-0.05, 0) is 56.6 Å². The molecule has 2 rings (SSSR count). The summed E-state index contributed by atoms with van der Waals surface area (Å²) in [4.78, 5) is 13.2. The number of piperidine rings is 1. The molecule has 1 saturated heterocycles. The second-order valence-corrected chi connectivity index (χ2v) is 5.62. The van der Waals surface area contributed by atoms with Crippen molar-refractivity contribution in [3.63, 3.8) is 0 Å². The summed E-state index contributed by atoms with van der Waals surface area (Å²) >= 11 is 0. The molecule has 0 spiro atoms. The molecule has 0 radical (unpaired) electrons. The SMILES string of the molecule is CCCN1CCC(NCc2ccc(C(=O)O)c(F)c2)CC1. The number of rotatable bonds is 6. The molecule has 1 aromatic carbocycles. The van der Waals surface area contributed by atoms with Gasteiger partial charge in [-0.1, -0.05) is 13.0 Å². The van der Waals surface area contributed by atoms with Crippen molar-refractivity contribution >= 4 is 5.97 Å². The van der Waals surface area contributed by atoms with Gasteiger partial charge in [0.15, 0.2) is 0 Å². The van der Waals surface area contributed by atoms with Crippen LogP contribution in [-0.2, 0) is 6.54 Å². The molecule has 2 N–H and O–H groups in total. The van der Waals surface area contributed by atoms with Gasteiger partial charge >= 0.3 is 5.97 Å². The van der Waals surface area contributed by atoms with E-state index < -0.39 is 11.8 Å². The number of hydrogen-bond acceptors (Lipinski definition) is 3. The third-order valence-electron chi connectivity index (χ3n) is 3.99. The molecular weight excluding hydrogens is 271 g/mol. The zero-order valence-electron chi connectivity index (χ0n) is 12.4. The number of carboxylic acid groups (broad SMARTS) is 1. The molecule has 0 saturated carbocycles. The molecule has 0 bridgehead atoms. The Hall–Kier alpha value is -1.46. The lowest BCUT2D eigenvalue weighted by Gasteiger charge is -2.32. The Labute approximate surface area is 125 Å². The number of nitrogens with one attached hydrogen (secondary N) is 1. The van der Waals surface area contributed by atoms with Gasteiger partial charge in [0, 0.05) is 12.6 Å². The summed E-state index contributed by atoms with van der Waals surface area (Å²) in [6.45, 7) is 6.15. The quantitative estimate of drug-likeness (QED) is 0.846. The predicted molar refractivity (Wildman–Crippen MR) is 80.0 cm³/mol. The second kappa shape index (κ2) is 7.52. The van der Waals surface area contributed by atoms with E-state index in [1.165, 1.54) is 18.6 Å². The van der Waals surface area contributed by atoms with Crippen LogP contribution in [0.1, 0.15) is 42.1 Å². The summed E-state index contributed by atoms with van der Waals surface area (Å²) in [6.07, 6.45) is 3.40. The normalized spacial score (nSPS) is 17.0. The van der Waals surface area contributed by atoms with E-state index in [0.29, 0.717) is 12.6 Å². The van der Waals surface area contributed by atoms with Crippen LogP contribution in [0.15, 0.2) is 18.2 Å².